The molecule has 0 bridgehead atoms. The lowest BCUT2D eigenvalue weighted by Crippen LogP contribution is -2.29. The Kier molecular flexibility index (Phi) is 6.21. The molecule has 0 aromatic heterocycles. The van der Waals surface area contributed by atoms with E-state index in [0.29, 0.717) is 23.6 Å². The quantitative estimate of drug-likeness (QED) is 0.759. The maximum Gasteiger partial charge on any atom is 0.259 e. The average molecular weight is 282 g/mol. The SMILES string of the molecule is CN(C)C(=O)COc1ccccc1C(=O)NCCS. The van der Waals surface area contributed by atoms with Crippen LogP contribution in [-0.2, 0) is 4.79 Å². The molecule has 1 rings (SSSR count). The zero-order valence-electron chi connectivity index (χ0n) is 11.0. The molecule has 104 valence electrons. The van der Waals surface area contributed by atoms with Gasteiger partial charge in [0.2, 0.25) is 0 Å². The first-order valence-electron chi connectivity index (χ1n) is 5.87. The van der Waals surface area contributed by atoms with Crippen LogP contribution >= 0.6 is 12.6 Å². The Morgan fingerprint density at radius 2 is 2.00 bits per heavy atom. The lowest BCUT2D eigenvalue weighted by molar-refractivity contribution is -0.130. The minimum absolute atomic E-state index is 0.0934. The minimum Gasteiger partial charge on any atom is -0.483 e. The van der Waals surface area contributed by atoms with Gasteiger partial charge in [-0.05, 0) is 12.1 Å². The first-order chi connectivity index (χ1) is 9.06. The van der Waals surface area contributed by atoms with Crippen LogP contribution in [0.15, 0.2) is 24.3 Å². The van der Waals surface area contributed by atoms with Crippen LogP contribution < -0.4 is 10.1 Å². The number of nitrogens with zero attached hydrogens (tertiary/aromatic N) is 1. The topological polar surface area (TPSA) is 58.6 Å². The van der Waals surface area contributed by atoms with Gasteiger partial charge in [0.05, 0.1) is 5.56 Å². The number of hydrogen-bond donors (Lipinski definition) is 2. The summed E-state index contributed by atoms with van der Waals surface area (Å²) in [5.74, 6) is 0.565. The largest absolute Gasteiger partial charge is 0.483 e. The molecule has 0 aliphatic heterocycles. The maximum absolute atomic E-state index is 11.9. The summed E-state index contributed by atoms with van der Waals surface area (Å²) in [6, 6.07) is 6.82. The fourth-order valence-corrected chi connectivity index (χ4v) is 1.43. The number of nitrogens with one attached hydrogen (secondary N) is 1. The summed E-state index contributed by atoms with van der Waals surface area (Å²) in [7, 11) is 3.30. The van der Waals surface area contributed by atoms with Crippen molar-refractivity contribution in [3.8, 4) is 5.75 Å². The Bertz CT molecular complexity index is 449. The summed E-state index contributed by atoms with van der Waals surface area (Å²) < 4.78 is 5.39. The standard InChI is InChI=1S/C13H18N2O3S/c1-15(2)12(16)9-18-11-6-4-3-5-10(11)13(17)14-7-8-19/h3-6,19H,7-9H2,1-2H3,(H,14,17). The number of carbonyl (C=O) groups excluding carboxylic acids is 2. The van der Waals surface area contributed by atoms with E-state index in [2.05, 4.69) is 17.9 Å². The van der Waals surface area contributed by atoms with Gasteiger partial charge < -0.3 is 15.0 Å². The molecule has 1 N–H and O–H groups in total. The number of amides is 2. The molecule has 2 amide bonds. The molecular weight excluding hydrogens is 264 g/mol. The van der Waals surface area contributed by atoms with Crippen LogP contribution in [0.4, 0.5) is 0 Å². The van der Waals surface area contributed by atoms with E-state index in [9.17, 15) is 9.59 Å². The smallest absolute Gasteiger partial charge is 0.259 e. The highest BCUT2D eigenvalue weighted by atomic mass is 32.1. The van der Waals surface area contributed by atoms with E-state index in [1.165, 1.54) is 4.90 Å². The van der Waals surface area contributed by atoms with Gasteiger partial charge in [-0.2, -0.15) is 12.6 Å². The first-order valence-corrected chi connectivity index (χ1v) is 6.50. The fraction of sp³-hybridized carbons (Fsp3) is 0.385. The molecule has 0 aliphatic rings. The van der Waals surface area contributed by atoms with Crippen LogP contribution in [0.25, 0.3) is 0 Å². The number of benzene rings is 1. The van der Waals surface area contributed by atoms with Gasteiger partial charge in [-0.3, -0.25) is 9.59 Å². The number of para-hydroxylation sites is 1. The van der Waals surface area contributed by atoms with E-state index in [1.807, 2.05) is 0 Å². The van der Waals surface area contributed by atoms with Crippen LogP contribution in [-0.4, -0.2) is 49.7 Å². The molecule has 0 aliphatic carbocycles. The van der Waals surface area contributed by atoms with Crippen LogP contribution in [0, 0.1) is 0 Å². The lowest BCUT2D eigenvalue weighted by Gasteiger charge is -2.13. The van der Waals surface area contributed by atoms with E-state index >= 15 is 0 Å². The van der Waals surface area contributed by atoms with Gasteiger partial charge in [0.25, 0.3) is 11.8 Å². The molecule has 0 unspecified atom stereocenters. The number of rotatable bonds is 6. The molecule has 0 radical (unpaired) electrons. The Morgan fingerprint density at radius 3 is 2.63 bits per heavy atom. The Hall–Kier alpha value is -1.69. The van der Waals surface area contributed by atoms with Crippen molar-refractivity contribution in [1.82, 2.24) is 10.2 Å². The summed E-state index contributed by atoms with van der Waals surface area (Å²) in [5.41, 5.74) is 0.413. The molecule has 0 atom stereocenters. The molecule has 6 heteroatoms. The Morgan fingerprint density at radius 1 is 1.32 bits per heavy atom. The van der Waals surface area contributed by atoms with Crippen LogP contribution in [0.3, 0.4) is 0 Å². The third kappa shape index (κ3) is 4.82. The zero-order chi connectivity index (χ0) is 14.3. The number of ether oxygens (including phenoxy) is 1. The molecule has 0 saturated carbocycles. The minimum atomic E-state index is -0.234. The first kappa shape index (κ1) is 15.4. The van der Waals surface area contributed by atoms with Gasteiger partial charge in [-0.15, -0.1) is 0 Å². The van der Waals surface area contributed by atoms with Gasteiger partial charge in [0, 0.05) is 26.4 Å². The summed E-state index contributed by atoms with van der Waals surface area (Å²) in [4.78, 5) is 24.8. The van der Waals surface area contributed by atoms with Gasteiger partial charge in [-0.1, -0.05) is 12.1 Å². The van der Waals surface area contributed by atoms with E-state index in [-0.39, 0.29) is 18.4 Å². The van der Waals surface area contributed by atoms with Crippen LogP contribution in [0.1, 0.15) is 10.4 Å². The van der Waals surface area contributed by atoms with Crippen molar-refractivity contribution in [3.05, 3.63) is 29.8 Å². The maximum atomic E-state index is 11.9. The second-order valence-electron chi connectivity index (χ2n) is 4.05. The molecule has 0 saturated heterocycles. The van der Waals surface area contributed by atoms with Gasteiger partial charge in [0.1, 0.15) is 5.75 Å². The molecule has 0 spiro atoms. The monoisotopic (exact) mass is 282 g/mol. The predicted octanol–water partition coefficient (Wildman–Crippen LogP) is 0.813. The van der Waals surface area contributed by atoms with Crippen molar-refractivity contribution in [2.45, 2.75) is 0 Å². The third-order valence-corrected chi connectivity index (χ3v) is 2.60. The fourth-order valence-electron chi connectivity index (χ4n) is 1.31. The molecule has 5 nitrogen and oxygen atoms in total. The number of hydrogen-bond acceptors (Lipinski definition) is 4. The third-order valence-electron chi connectivity index (χ3n) is 2.38. The molecule has 0 heterocycles. The molecule has 1 aromatic rings. The highest BCUT2D eigenvalue weighted by Crippen LogP contribution is 2.17. The summed E-state index contributed by atoms with van der Waals surface area (Å²) in [5, 5.41) is 2.71. The highest BCUT2D eigenvalue weighted by molar-refractivity contribution is 7.80. The van der Waals surface area contributed by atoms with E-state index in [1.54, 1.807) is 38.4 Å². The van der Waals surface area contributed by atoms with Crippen molar-refractivity contribution in [3.63, 3.8) is 0 Å². The molecule has 0 fully saturated rings. The van der Waals surface area contributed by atoms with Crippen molar-refractivity contribution in [2.24, 2.45) is 0 Å². The normalized spacial score (nSPS) is 9.84. The second kappa shape index (κ2) is 7.68. The highest BCUT2D eigenvalue weighted by Gasteiger charge is 2.13. The van der Waals surface area contributed by atoms with E-state index in [0.717, 1.165) is 0 Å². The van der Waals surface area contributed by atoms with Crippen molar-refractivity contribution in [1.29, 1.82) is 0 Å². The average Bonchev–Trinajstić information content (AvgIpc) is 2.42. The van der Waals surface area contributed by atoms with Gasteiger partial charge in [-0.25, -0.2) is 0 Å². The van der Waals surface area contributed by atoms with E-state index < -0.39 is 0 Å². The number of likely N-dealkylation sites (N-methyl/N-ethyl adjacent to an activating group) is 1. The summed E-state index contributed by atoms with van der Waals surface area (Å²) in [6.45, 7) is 0.386. The molecule has 19 heavy (non-hydrogen) atoms. The number of carbonyl (C=O) groups is 2. The Balaban J connectivity index is 2.73. The van der Waals surface area contributed by atoms with Crippen molar-refractivity contribution in [2.75, 3.05) is 33.0 Å². The van der Waals surface area contributed by atoms with E-state index in [4.69, 9.17) is 4.74 Å². The van der Waals surface area contributed by atoms with Gasteiger partial charge in [0.15, 0.2) is 6.61 Å². The van der Waals surface area contributed by atoms with Crippen LogP contribution in [0.5, 0.6) is 5.75 Å². The summed E-state index contributed by atoms with van der Waals surface area (Å²) in [6.07, 6.45) is 0. The zero-order valence-corrected chi connectivity index (χ0v) is 11.9. The van der Waals surface area contributed by atoms with Crippen molar-refractivity contribution < 1.29 is 14.3 Å². The lowest BCUT2D eigenvalue weighted by atomic mass is 10.2. The molecule has 1 aromatic carbocycles. The van der Waals surface area contributed by atoms with Crippen molar-refractivity contribution >= 4 is 24.4 Å². The van der Waals surface area contributed by atoms with Crippen LogP contribution in [0.2, 0.25) is 0 Å². The number of thiol groups is 1. The predicted molar refractivity (Wildman–Crippen MR) is 76.8 cm³/mol. The van der Waals surface area contributed by atoms with Gasteiger partial charge >= 0.3 is 0 Å². The summed E-state index contributed by atoms with van der Waals surface area (Å²) >= 11 is 4.03. The second-order valence-corrected chi connectivity index (χ2v) is 4.50. The Labute approximate surface area is 118 Å². The molecular formula is C13H18N2O3S.